The molecule has 0 saturated carbocycles. The summed E-state index contributed by atoms with van der Waals surface area (Å²) in [6.45, 7) is 1.71. The lowest BCUT2D eigenvalue weighted by Gasteiger charge is -2.18. The molecule has 0 saturated heterocycles. The van der Waals surface area contributed by atoms with Crippen LogP contribution in [-0.2, 0) is 17.8 Å². The van der Waals surface area contributed by atoms with Gasteiger partial charge in [-0.25, -0.2) is 4.98 Å². The first-order valence-electron chi connectivity index (χ1n) is 7.79. The summed E-state index contributed by atoms with van der Waals surface area (Å²) >= 11 is 0. The molecule has 2 aromatic heterocycles. The number of carbonyl (C=O) groups excluding carboxylic acids is 1. The Morgan fingerprint density at radius 2 is 2.08 bits per heavy atom. The first-order chi connectivity index (χ1) is 11.7. The number of pyridine rings is 1. The van der Waals surface area contributed by atoms with Gasteiger partial charge in [-0.1, -0.05) is 12.1 Å². The van der Waals surface area contributed by atoms with E-state index in [2.05, 4.69) is 14.5 Å². The first kappa shape index (κ1) is 16.1. The molecule has 0 bridgehead atoms. The number of ether oxygens (including phenoxy) is 1. The summed E-state index contributed by atoms with van der Waals surface area (Å²) in [5, 5.41) is 0. The Morgan fingerprint density at radius 1 is 1.25 bits per heavy atom. The van der Waals surface area contributed by atoms with Gasteiger partial charge in [0, 0.05) is 33.1 Å². The Hall–Kier alpha value is -2.73. The Morgan fingerprint density at radius 3 is 2.83 bits per heavy atom. The molecule has 0 spiro atoms. The van der Waals surface area contributed by atoms with E-state index in [1.54, 1.807) is 43.6 Å². The average Bonchev–Trinajstić information content (AvgIpc) is 2.97. The molecule has 0 aliphatic heterocycles. The second-order valence-corrected chi connectivity index (χ2v) is 5.56. The highest BCUT2D eigenvalue weighted by atomic mass is 16.5. The number of hydrogen-bond acceptors (Lipinski definition) is 4. The Kier molecular flexibility index (Phi) is 4.86. The van der Waals surface area contributed by atoms with E-state index in [0.717, 1.165) is 16.9 Å². The van der Waals surface area contributed by atoms with E-state index in [9.17, 15) is 4.79 Å². The van der Waals surface area contributed by atoms with Crippen LogP contribution in [0.3, 0.4) is 0 Å². The van der Waals surface area contributed by atoms with Crippen molar-refractivity contribution in [2.45, 2.75) is 13.1 Å². The van der Waals surface area contributed by atoms with Gasteiger partial charge in [-0.15, -0.1) is 0 Å². The van der Waals surface area contributed by atoms with E-state index in [-0.39, 0.29) is 5.91 Å². The molecule has 6 nitrogen and oxygen atoms in total. The summed E-state index contributed by atoms with van der Waals surface area (Å²) in [5.41, 5.74) is 2.54. The van der Waals surface area contributed by atoms with Crippen LogP contribution < -0.4 is 0 Å². The third-order valence-electron chi connectivity index (χ3n) is 3.89. The number of fused-ring (bicyclic) bond motifs is 1. The molecule has 3 aromatic rings. The van der Waals surface area contributed by atoms with Crippen molar-refractivity contribution in [3.63, 3.8) is 0 Å². The van der Waals surface area contributed by atoms with Crippen LogP contribution in [0.2, 0.25) is 0 Å². The monoisotopic (exact) mass is 324 g/mol. The van der Waals surface area contributed by atoms with E-state index >= 15 is 0 Å². The number of para-hydroxylation sites is 2. The van der Waals surface area contributed by atoms with Gasteiger partial charge >= 0.3 is 0 Å². The van der Waals surface area contributed by atoms with Gasteiger partial charge in [0.25, 0.3) is 5.91 Å². The van der Waals surface area contributed by atoms with Gasteiger partial charge in [-0.05, 0) is 24.3 Å². The van der Waals surface area contributed by atoms with Crippen LogP contribution in [0.5, 0.6) is 0 Å². The second kappa shape index (κ2) is 7.23. The minimum Gasteiger partial charge on any atom is -0.383 e. The molecule has 0 fully saturated rings. The second-order valence-electron chi connectivity index (χ2n) is 5.56. The lowest BCUT2D eigenvalue weighted by Crippen LogP contribution is -2.28. The molecule has 124 valence electrons. The molecule has 1 amide bonds. The number of imidazole rings is 1. The predicted molar refractivity (Wildman–Crippen MR) is 91.6 cm³/mol. The molecule has 0 radical (unpaired) electrons. The fourth-order valence-electron chi connectivity index (χ4n) is 2.67. The maximum Gasteiger partial charge on any atom is 0.255 e. The Balaban J connectivity index is 1.87. The van der Waals surface area contributed by atoms with Crippen molar-refractivity contribution in [3.8, 4) is 0 Å². The fraction of sp³-hybridized carbons (Fsp3) is 0.278. The molecule has 24 heavy (non-hydrogen) atoms. The smallest absolute Gasteiger partial charge is 0.255 e. The number of benzene rings is 1. The van der Waals surface area contributed by atoms with Gasteiger partial charge in [0.2, 0.25) is 0 Å². The molecule has 2 heterocycles. The number of carbonyl (C=O) groups is 1. The van der Waals surface area contributed by atoms with E-state index in [1.165, 1.54) is 0 Å². The summed E-state index contributed by atoms with van der Waals surface area (Å²) in [5.74, 6) is 0.765. The molecule has 1 aromatic carbocycles. The summed E-state index contributed by atoms with van der Waals surface area (Å²) in [6.07, 6.45) is 3.23. The maximum absolute atomic E-state index is 12.5. The van der Waals surface area contributed by atoms with Gasteiger partial charge in [-0.2, -0.15) is 0 Å². The van der Waals surface area contributed by atoms with Crippen LogP contribution in [0, 0.1) is 0 Å². The van der Waals surface area contributed by atoms with Crippen molar-refractivity contribution in [1.29, 1.82) is 0 Å². The topological polar surface area (TPSA) is 60.2 Å². The third-order valence-corrected chi connectivity index (χ3v) is 3.89. The third kappa shape index (κ3) is 3.28. The van der Waals surface area contributed by atoms with Gasteiger partial charge in [0.1, 0.15) is 5.82 Å². The molecule has 0 N–H and O–H groups in total. The highest BCUT2D eigenvalue weighted by molar-refractivity contribution is 5.93. The summed E-state index contributed by atoms with van der Waals surface area (Å²) in [6, 6.07) is 11.5. The lowest BCUT2D eigenvalue weighted by molar-refractivity contribution is 0.0779. The van der Waals surface area contributed by atoms with Crippen LogP contribution in [-0.4, -0.2) is 46.1 Å². The highest BCUT2D eigenvalue weighted by Crippen LogP contribution is 2.17. The van der Waals surface area contributed by atoms with Crippen LogP contribution >= 0.6 is 0 Å². The van der Waals surface area contributed by atoms with Crippen molar-refractivity contribution >= 4 is 16.9 Å². The molecule has 0 aliphatic rings. The van der Waals surface area contributed by atoms with Crippen LogP contribution in [0.15, 0.2) is 48.8 Å². The number of aromatic nitrogens is 3. The van der Waals surface area contributed by atoms with Crippen LogP contribution in [0.1, 0.15) is 16.2 Å². The van der Waals surface area contributed by atoms with Crippen molar-refractivity contribution in [2.75, 3.05) is 20.8 Å². The molecule has 0 atom stereocenters. The Bertz CT molecular complexity index is 829. The normalized spacial score (nSPS) is 10.9. The van der Waals surface area contributed by atoms with E-state index < -0.39 is 0 Å². The zero-order valence-corrected chi connectivity index (χ0v) is 13.8. The number of rotatable bonds is 6. The van der Waals surface area contributed by atoms with Crippen LogP contribution in [0.25, 0.3) is 11.0 Å². The zero-order chi connectivity index (χ0) is 16.9. The lowest BCUT2D eigenvalue weighted by atomic mass is 10.2. The highest BCUT2D eigenvalue weighted by Gasteiger charge is 2.16. The minimum atomic E-state index is -0.0755. The SMILES string of the molecule is COCCn1c(CN(C)C(=O)c2cccnc2)nc2ccccc21. The van der Waals surface area contributed by atoms with Gasteiger partial charge in [0.05, 0.1) is 29.7 Å². The minimum absolute atomic E-state index is 0.0755. The molecular formula is C18H20N4O2. The van der Waals surface area contributed by atoms with E-state index in [0.29, 0.717) is 25.3 Å². The van der Waals surface area contributed by atoms with Crippen molar-refractivity contribution in [3.05, 3.63) is 60.2 Å². The summed E-state index contributed by atoms with van der Waals surface area (Å²) < 4.78 is 7.31. The zero-order valence-electron chi connectivity index (χ0n) is 13.8. The van der Waals surface area contributed by atoms with Crippen molar-refractivity contribution in [1.82, 2.24) is 19.4 Å². The number of hydrogen-bond donors (Lipinski definition) is 0. The summed E-state index contributed by atoms with van der Waals surface area (Å²) in [7, 11) is 3.45. The van der Waals surface area contributed by atoms with Gasteiger partial charge in [-0.3, -0.25) is 9.78 Å². The number of nitrogens with zero attached hydrogens (tertiary/aromatic N) is 4. The van der Waals surface area contributed by atoms with Crippen LogP contribution in [0.4, 0.5) is 0 Å². The fourth-order valence-corrected chi connectivity index (χ4v) is 2.67. The van der Waals surface area contributed by atoms with Gasteiger partial charge in [0.15, 0.2) is 0 Å². The number of amides is 1. The first-order valence-corrected chi connectivity index (χ1v) is 7.79. The average molecular weight is 324 g/mol. The quantitative estimate of drug-likeness (QED) is 0.698. The summed E-state index contributed by atoms with van der Waals surface area (Å²) in [4.78, 5) is 22.9. The molecule has 0 unspecified atom stereocenters. The molecule has 0 aliphatic carbocycles. The molecular weight excluding hydrogens is 304 g/mol. The maximum atomic E-state index is 12.5. The predicted octanol–water partition coefficient (Wildman–Crippen LogP) is 2.35. The Labute approximate surface area is 140 Å². The number of methoxy groups -OCH3 is 1. The van der Waals surface area contributed by atoms with Crippen molar-refractivity contribution < 1.29 is 9.53 Å². The van der Waals surface area contributed by atoms with E-state index in [1.807, 2.05) is 24.3 Å². The molecule has 3 rings (SSSR count). The van der Waals surface area contributed by atoms with Gasteiger partial charge < -0.3 is 14.2 Å². The van der Waals surface area contributed by atoms with Crippen molar-refractivity contribution in [2.24, 2.45) is 0 Å². The molecule has 6 heteroatoms. The standard InChI is InChI=1S/C18H20N4O2/c1-21(18(23)14-6-5-9-19-12-14)13-17-20-15-7-3-4-8-16(15)22(17)10-11-24-2/h3-9,12H,10-11,13H2,1-2H3. The van der Waals surface area contributed by atoms with E-state index in [4.69, 9.17) is 4.74 Å². The largest absolute Gasteiger partial charge is 0.383 e.